The van der Waals surface area contributed by atoms with E-state index in [1.807, 2.05) is 35.8 Å². The Hall–Kier alpha value is -2.93. The Kier molecular flexibility index (Phi) is 6.09. The molecule has 0 unspecified atom stereocenters. The summed E-state index contributed by atoms with van der Waals surface area (Å²) in [6.45, 7) is 8.78. The van der Waals surface area contributed by atoms with E-state index in [2.05, 4.69) is 38.0 Å². The van der Waals surface area contributed by atoms with Crippen LogP contribution in [0.4, 0.5) is 0 Å². The zero-order valence-electron chi connectivity index (χ0n) is 19.3. The van der Waals surface area contributed by atoms with Gasteiger partial charge in [-0.25, -0.2) is 4.98 Å². The van der Waals surface area contributed by atoms with E-state index in [1.165, 1.54) is 0 Å². The molecular formula is C24H34N6O. The summed E-state index contributed by atoms with van der Waals surface area (Å²) in [5.41, 5.74) is 2.14. The van der Waals surface area contributed by atoms with Crippen LogP contribution in [-0.2, 0) is 7.05 Å². The minimum absolute atomic E-state index is 0.00146. The fourth-order valence-corrected chi connectivity index (χ4v) is 4.59. The third-order valence-corrected chi connectivity index (χ3v) is 5.79. The lowest BCUT2D eigenvalue weighted by molar-refractivity contribution is 0.114. The summed E-state index contributed by atoms with van der Waals surface area (Å²) in [6, 6.07) is 5.42. The van der Waals surface area contributed by atoms with Gasteiger partial charge in [0.05, 0.1) is 17.7 Å². The number of nitrogens with one attached hydrogen (secondary N) is 3. The van der Waals surface area contributed by atoms with Crippen LogP contribution in [-0.4, -0.2) is 55.3 Å². The minimum atomic E-state index is -0.00146. The highest BCUT2D eigenvalue weighted by molar-refractivity contribution is 6.11. The molecule has 1 aliphatic rings. The van der Waals surface area contributed by atoms with Crippen molar-refractivity contribution >= 4 is 11.5 Å². The first-order chi connectivity index (χ1) is 14.4. The van der Waals surface area contributed by atoms with Crippen LogP contribution in [0.25, 0.3) is 11.3 Å². The zero-order valence-corrected chi connectivity index (χ0v) is 19.3. The van der Waals surface area contributed by atoms with Crippen molar-refractivity contribution in [2.24, 2.45) is 7.05 Å². The standard InChI is InChI=1S/C24H34N6O/c1-23(2)12-17(13-24(3,4)28-23)30(6)22(26)10-9-19(25)18-8-7-16(11-21(18)31)20-14-29(5)15-27-20/h7-11,14-15,17,25-26,28,31H,12-13H2,1-6H3/b10-9-,25-19?,26-22?. The maximum atomic E-state index is 10.4. The summed E-state index contributed by atoms with van der Waals surface area (Å²) in [7, 11) is 3.83. The molecule has 0 saturated carbocycles. The van der Waals surface area contributed by atoms with Gasteiger partial charge in [0.25, 0.3) is 0 Å². The highest BCUT2D eigenvalue weighted by Crippen LogP contribution is 2.31. The lowest BCUT2D eigenvalue weighted by atomic mass is 9.79. The molecule has 3 rings (SSSR count). The maximum absolute atomic E-state index is 10.4. The van der Waals surface area contributed by atoms with Crippen LogP contribution in [0.1, 0.15) is 46.1 Å². The van der Waals surface area contributed by atoms with Gasteiger partial charge in [-0.2, -0.15) is 0 Å². The van der Waals surface area contributed by atoms with E-state index in [-0.39, 0.29) is 28.6 Å². The van der Waals surface area contributed by atoms with Crippen LogP contribution >= 0.6 is 0 Å². The Morgan fingerprint density at radius 3 is 2.39 bits per heavy atom. The van der Waals surface area contributed by atoms with Gasteiger partial charge in [0.1, 0.15) is 11.6 Å². The van der Waals surface area contributed by atoms with E-state index >= 15 is 0 Å². The van der Waals surface area contributed by atoms with E-state index < -0.39 is 0 Å². The molecule has 0 radical (unpaired) electrons. The van der Waals surface area contributed by atoms with Gasteiger partial charge in [0, 0.05) is 48.5 Å². The SMILES string of the molecule is CN(C(=N)/C=C\C(=N)c1ccc(-c2cn(C)cn2)cc1O)C1CC(C)(C)NC(C)(C)C1. The zero-order chi connectivity index (χ0) is 23.0. The van der Waals surface area contributed by atoms with Crippen molar-refractivity contribution < 1.29 is 5.11 Å². The van der Waals surface area contributed by atoms with Crippen LogP contribution < -0.4 is 5.32 Å². The lowest BCUT2D eigenvalue weighted by Crippen LogP contribution is -2.62. The summed E-state index contributed by atoms with van der Waals surface area (Å²) in [5.74, 6) is 0.382. The molecule has 1 saturated heterocycles. The highest BCUT2D eigenvalue weighted by Gasteiger charge is 2.39. The van der Waals surface area contributed by atoms with Crippen molar-refractivity contribution in [2.75, 3.05) is 7.05 Å². The van der Waals surface area contributed by atoms with Crippen molar-refractivity contribution in [3.05, 3.63) is 48.4 Å². The number of hydrogen-bond acceptors (Lipinski definition) is 5. The van der Waals surface area contributed by atoms with Crippen molar-refractivity contribution in [3.63, 3.8) is 0 Å². The average Bonchev–Trinajstić information content (AvgIpc) is 3.09. The second-order valence-electron chi connectivity index (χ2n) is 9.85. The number of aromatic nitrogens is 2. The van der Waals surface area contributed by atoms with Crippen LogP contribution in [0, 0.1) is 10.8 Å². The van der Waals surface area contributed by atoms with E-state index in [9.17, 15) is 5.11 Å². The summed E-state index contributed by atoms with van der Waals surface area (Å²) >= 11 is 0. The van der Waals surface area contributed by atoms with Crippen LogP contribution in [0.2, 0.25) is 0 Å². The molecule has 7 heteroatoms. The number of benzene rings is 1. The van der Waals surface area contributed by atoms with Gasteiger partial charge in [-0.15, -0.1) is 0 Å². The van der Waals surface area contributed by atoms with Crippen LogP contribution in [0.15, 0.2) is 42.9 Å². The molecule has 166 valence electrons. The summed E-state index contributed by atoms with van der Waals surface area (Å²) in [6.07, 6.45) is 8.67. The predicted octanol–water partition coefficient (Wildman–Crippen LogP) is 3.94. The van der Waals surface area contributed by atoms with Crippen LogP contribution in [0.5, 0.6) is 5.75 Å². The van der Waals surface area contributed by atoms with Gasteiger partial charge in [-0.3, -0.25) is 5.41 Å². The number of hydrogen-bond donors (Lipinski definition) is 4. The number of allylic oxidation sites excluding steroid dienone is 1. The molecule has 0 amide bonds. The smallest absolute Gasteiger partial charge is 0.125 e. The first-order valence-electron chi connectivity index (χ1n) is 10.6. The number of aryl methyl sites for hydroxylation is 1. The van der Waals surface area contributed by atoms with Gasteiger partial charge in [0.15, 0.2) is 0 Å². The Labute approximate surface area is 184 Å². The van der Waals surface area contributed by atoms with Gasteiger partial charge in [0.2, 0.25) is 0 Å². The number of amidine groups is 1. The number of phenols is 1. The monoisotopic (exact) mass is 422 g/mol. The fraction of sp³-hybridized carbons (Fsp3) is 0.458. The van der Waals surface area contributed by atoms with Crippen molar-refractivity contribution in [1.29, 1.82) is 10.8 Å². The molecule has 0 spiro atoms. The van der Waals surface area contributed by atoms with E-state index in [0.29, 0.717) is 11.4 Å². The Bertz CT molecular complexity index is 1000. The largest absolute Gasteiger partial charge is 0.507 e. The van der Waals surface area contributed by atoms with Crippen LogP contribution in [0.3, 0.4) is 0 Å². The summed E-state index contributed by atoms with van der Waals surface area (Å²) < 4.78 is 1.85. The summed E-state index contributed by atoms with van der Waals surface area (Å²) in [4.78, 5) is 6.28. The fourth-order valence-electron chi connectivity index (χ4n) is 4.59. The van der Waals surface area contributed by atoms with Crippen molar-refractivity contribution in [1.82, 2.24) is 19.8 Å². The molecule has 1 fully saturated rings. The van der Waals surface area contributed by atoms with E-state index in [4.69, 9.17) is 10.8 Å². The molecule has 7 nitrogen and oxygen atoms in total. The first kappa shape index (κ1) is 22.7. The number of rotatable bonds is 5. The number of likely N-dealkylation sites (N-methyl/N-ethyl adjacent to an activating group) is 1. The molecule has 1 aromatic heterocycles. The number of imidazole rings is 1. The number of phenolic OH excluding ortho intramolecular Hbond substituents is 1. The van der Waals surface area contributed by atoms with Crippen molar-refractivity contribution in [2.45, 2.75) is 57.7 Å². The molecule has 0 bridgehead atoms. The average molecular weight is 423 g/mol. The molecule has 2 heterocycles. The number of aromatic hydroxyl groups is 1. The molecule has 1 aliphatic heterocycles. The molecule has 4 N–H and O–H groups in total. The Morgan fingerprint density at radius 1 is 1.19 bits per heavy atom. The third kappa shape index (κ3) is 5.41. The van der Waals surface area contributed by atoms with Gasteiger partial charge >= 0.3 is 0 Å². The number of piperidine rings is 1. The maximum Gasteiger partial charge on any atom is 0.125 e. The molecule has 31 heavy (non-hydrogen) atoms. The van der Waals surface area contributed by atoms with Gasteiger partial charge < -0.3 is 25.3 Å². The highest BCUT2D eigenvalue weighted by atomic mass is 16.3. The van der Waals surface area contributed by atoms with E-state index in [1.54, 1.807) is 30.6 Å². The Morgan fingerprint density at radius 2 is 1.84 bits per heavy atom. The molecular weight excluding hydrogens is 388 g/mol. The third-order valence-electron chi connectivity index (χ3n) is 5.79. The Balaban J connectivity index is 1.69. The first-order valence-corrected chi connectivity index (χ1v) is 10.6. The summed E-state index contributed by atoms with van der Waals surface area (Å²) in [5, 5.41) is 31.0. The lowest BCUT2D eigenvalue weighted by Gasteiger charge is -2.49. The van der Waals surface area contributed by atoms with Gasteiger partial charge in [-0.05, 0) is 64.8 Å². The second kappa shape index (κ2) is 8.30. The predicted molar refractivity (Wildman–Crippen MR) is 126 cm³/mol. The minimum Gasteiger partial charge on any atom is -0.507 e. The molecule has 0 aliphatic carbocycles. The van der Waals surface area contributed by atoms with Gasteiger partial charge in [-0.1, -0.05) is 6.07 Å². The van der Waals surface area contributed by atoms with Crippen molar-refractivity contribution in [3.8, 4) is 17.0 Å². The molecule has 2 aromatic rings. The topological polar surface area (TPSA) is 101 Å². The quantitative estimate of drug-likeness (QED) is 0.433. The van der Waals surface area contributed by atoms with E-state index in [0.717, 1.165) is 24.1 Å². The number of nitrogens with zero attached hydrogens (tertiary/aromatic N) is 3. The second-order valence-corrected chi connectivity index (χ2v) is 9.85. The normalized spacial score (nSPS) is 18.3. The molecule has 1 aromatic carbocycles. The molecule has 0 atom stereocenters.